The van der Waals surface area contributed by atoms with E-state index >= 15 is 0 Å². The van der Waals surface area contributed by atoms with Crippen molar-refractivity contribution in [2.24, 2.45) is 0 Å². The highest BCUT2D eigenvalue weighted by molar-refractivity contribution is 5.78. The molecule has 3 rings (SSSR count). The zero-order valence-electron chi connectivity index (χ0n) is 13.5. The van der Waals surface area contributed by atoms with Crippen LogP contribution in [0.25, 0.3) is 0 Å². The number of benzene rings is 1. The number of hydrogen-bond donors (Lipinski definition) is 0. The maximum atomic E-state index is 13.0. The average molecular weight is 330 g/mol. The molecule has 6 nitrogen and oxygen atoms in total. The van der Waals surface area contributed by atoms with Crippen LogP contribution in [0, 0.1) is 12.7 Å². The Morgan fingerprint density at radius 3 is 2.54 bits per heavy atom. The first kappa shape index (κ1) is 16.2. The van der Waals surface area contributed by atoms with Gasteiger partial charge < -0.3 is 14.5 Å². The summed E-state index contributed by atoms with van der Waals surface area (Å²) < 4.78 is 18.3. The number of nitrogens with zero attached hydrogens (tertiary/aromatic N) is 4. The van der Waals surface area contributed by atoms with E-state index in [-0.39, 0.29) is 24.3 Å². The van der Waals surface area contributed by atoms with Gasteiger partial charge in [-0.05, 0) is 37.3 Å². The van der Waals surface area contributed by atoms with Gasteiger partial charge in [0, 0.05) is 43.8 Å². The summed E-state index contributed by atoms with van der Waals surface area (Å²) in [5.41, 5.74) is 1.76. The van der Waals surface area contributed by atoms with Gasteiger partial charge in [0.25, 0.3) is 5.91 Å². The summed E-state index contributed by atoms with van der Waals surface area (Å²) in [6.45, 7) is 4.39. The van der Waals surface area contributed by atoms with Crippen LogP contribution in [0.2, 0.25) is 0 Å². The van der Waals surface area contributed by atoms with Crippen LogP contribution in [0.15, 0.2) is 36.5 Å². The Kier molecular flexibility index (Phi) is 4.88. The zero-order chi connectivity index (χ0) is 16.9. The SMILES string of the molecule is Cc1ccnc(OCC(=O)N2CCN(c3ccc(F)cc3)CC2)n1. The highest BCUT2D eigenvalue weighted by atomic mass is 19.1. The van der Waals surface area contributed by atoms with Crippen LogP contribution in [-0.2, 0) is 4.79 Å². The number of rotatable bonds is 4. The largest absolute Gasteiger partial charge is 0.453 e. The average Bonchev–Trinajstić information content (AvgIpc) is 2.61. The molecule has 1 aliphatic rings. The molecule has 7 heteroatoms. The van der Waals surface area contributed by atoms with Gasteiger partial charge in [-0.1, -0.05) is 0 Å². The molecule has 0 aliphatic carbocycles. The topological polar surface area (TPSA) is 58.6 Å². The molecule has 2 aromatic rings. The number of amides is 1. The molecule has 1 aliphatic heterocycles. The molecule has 1 aromatic carbocycles. The predicted octanol–water partition coefficient (Wildman–Crippen LogP) is 1.65. The quantitative estimate of drug-likeness (QED) is 0.853. The van der Waals surface area contributed by atoms with E-state index in [1.54, 1.807) is 29.3 Å². The molecule has 0 radical (unpaired) electrons. The van der Waals surface area contributed by atoms with E-state index in [9.17, 15) is 9.18 Å². The molecule has 24 heavy (non-hydrogen) atoms. The highest BCUT2D eigenvalue weighted by Crippen LogP contribution is 2.17. The molecular weight excluding hydrogens is 311 g/mol. The first-order valence-electron chi connectivity index (χ1n) is 7.82. The van der Waals surface area contributed by atoms with E-state index in [1.807, 2.05) is 6.92 Å². The molecule has 0 unspecified atom stereocenters. The van der Waals surface area contributed by atoms with Gasteiger partial charge in [-0.25, -0.2) is 14.4 Å². The van der Waals surface area contributed by atoms with Gasteiger partial charge in [-0.15, -0.1) is 0 Å². The van der Waals surface area contributed by atoms with E-state index < -0.39 is 0 Å². The number of hydrogen-bond acceptors (Lipinski definition) is 5. The lowest BCUT2D eigenvalue weighted by atomic mass is 10.2. The highest BCUT2D eigenvalue weighted by Gasteiger charge is 2.21. The molecule has 1 aromatic heterocycles. The summed E-state index contributed by atoms with van der Waals surface area (Å²) in [5, 5.41) is 0. The summed E-state index contributed by atoms with van der Waals surface area (Å²) in [5.74, 6) is -0.332. The zero-order valence-corrected chi connectivity index (χ0v) is 13.5. The van der Waals surface area contributed by atoms with Crippen molar-refractivity contribution in [2.45, 2.75) is 6.92 Å². The molecule has 0 bridgehead atoms. The van der Waals surface area contributed by atoms with Crippen molar-refractivity contribution in [3.05, 3.63) is 48.0 Å². The lowest BCUT2D eigenvalue weighted by Gasteiger charge is -2.36. The standard InChI is InChI=1S/C17H19FN4O2/c1-13-6-7-19-17(20-13)24-12-16(23)22-10-8-21(9-11-22)15-4-2-14(18)3-5-15/h2-7H,8-12H2,1H3. The Labute approximate surface area is 139 Å². The van der Waals surface area contributed by atoms with E-state index in [0.29, 0.717) is 26.2 Å². The normalized spacial score (nSPS) is 14.6. The second kappa shape index (κ2) is 7.25. The van der Waals surface area contributed by atoms with Crippen LogP contribution in [0.5, 0.6) is 6.01 Å². The van der Waals surface area contributed by atoms with Gasteiger partial charge in [0.05, 0.1) is 0 Å². The van der Waals surface area contributed by atoms with E-state index in [2.05, 4.69) is 14.9 Å². The maximum absolute atomic E-state index is 13.0. The molecule has 1 saturated heterocycles. The van der Waals surface area contributed by atoms with E-state index in [4.69, 9.17) is 4.74 Å². The van der Waals surface area contributed by atoms with Crippen molar-refractivity contribution in [3.63, 3.8) is 0 Å². The predicted molar refractivity (Wildman–Crippen MR) is 87.5 cm³/mol. The minimum atomic E-state index is -0.247. The van der Waals surface area contributed by atoms with Crippen molar-refractivity contribution in [1.29, 1.82) is 0 Å². The first-order valence-corrected chi connectivity index (χ1v) is 7.82. The van der Waals surface area contributed by atoms with Gasteiger partial charge in [0.15, 0.2) is 6.61 Å². The third-order valence-electron chi connectivity index (χ3n) is 3.92. The summed E-state index contributed by atoms with van der Waals surface area (Å²) in [6, 6.07) is 8.39. The fraction of sp³-hybridized carbons (Fsp3) is 0.353. The van der Waals surface area contributed by atoms with Crippen molar-refractivity contribution in [2.75, 3.05) is 37.7 Å². The summed E-state index contributed by atoms with van der Waals surface area (Å²) in [7, 11) is 0. The van der Waals surface area contributed by atoms with Crippen molar-refractivity contribution < 1.29 is 13.9 Å². The van der Waals surface area contributed by atoms with Gasteiger partial charge >= 0.3 is 6.01 Å². The second-order valence-electron chi connectivity index (χ2n) is 5.61. The fourth-order valence-electron chi connectivity index (χ4n) is 2.58. The second-order valence-corrected chi connectivity index (χ2v) is 5.61. The van der Waals surface area contributed by atoms with Crippen molar-refractivity contribution >= 4 is 11.6 Å². The third kappa shape index (κ3) is 3.98. The van der Waals surface area contributed by atoms with Crippen molar-refractivity contribution in [1.82, 2.24) is 14.9 Å². The number of anilines is 1. The Bertz CT molecular complexity index is 700. The van der Waals surface area contributed by atoms with Crippen LogP contribution in [-0.4, -0.2) is 53.6 Å². The Balaban J connectivity index is 1.49. The minimum absolute atomic E-state index is 0.0694. The number of piperazine rings is 1. The summed E-state index contributed by atoms with van der Waals surface area (Å²) in [4.78, 5) is 24.2. The molecular formula is C17H19FN4O2. The van der Waals surface area contributed by atoms with E-state index in [0.717, 1.165) is 11.4 Å². The molecule has 1 amide bonds. The molecule has 126 valence electrons. The third-order valence-corrected chi connectivity index (χ3v) is 3.92. The number of carbonyl (C=O) groups is 1. The van der Waals surface area contributed by atoms with Crippen LogP contribution in [0.1, 0.15) is 5.69 Å². The maximum Gasteiger partial charge on any atom is 0.317 e. The Morgan fingerprint density at radius 2 is 1.88 bits per heavy atom. The molecule has 0 spiro atoms. The number of ether oxygens (including phenoxy) is 1. The Hall–Kier alpha value is -2.70. The van der Waals surface area contributed by atoms with Gasteiger partial charge in [-0.3, -0.25) is 4.79 Å². The molecule has 0 saturated carbocycles. The number of aryl methyl sites for hydroxylation is 1. The molecule has 0 N–H and O–H groups in total. The van der Waals surface area contributed by atoms with Crippen LogP contribution < -0.4 is 9.64 Å². The van der Waals surface area contributed by atoms with Crippen LogP contribution in [0.3, 0.4) is 0 Å². The van der Waals surface area contributed by atoms with Crippen LogP contribution >= 0.6 is 0 Å². The number of aromatic nitrogens is 2. The monoisotopic (exact) mass is 330 g/mol. The minimum Gasteiger partial charge on any atom is -0.453 e. The smallest absolute Gasteiger partial charge is 0.317 e. The number of halogens is 1. The Morgan fingerprint density at radius 1 is 1.17 bits per heavy atom. The molecule has 2 heterocycles. The lowest BCUT2D eigenvalue weighted by Crippen LogP contribution is -2.50. The van der Waals surface area contributed by atoms with Gasteiger partial charge in [-0.2, -0.15) is 0 Å². The van der Waals surface area contributed by atoms with E-state index in [1.165, 1.54) is 12.1 Å². The molecule has 0 atom stereocenters. The summed E-state index contributed by atoms with van der Waals surface area (Å²) in [6.07, 6.45) is 1.60. The summed E-state index contributed by atoms with van der Waals surface area (Å²) >= 11 is 0. The van der Waals surface area contributed by atoms with Gasteiger partial charge in [0.2, 0.25) is 0 Å². The van der Waals surface area contributed by atoms with Crippen LogP contribution in [0.4, 0.5) is 10.1 Å². The molecule has 1 fully saturated rings. The first-order chi connectivity index (χ1) is 11.6. The van der Waals surface area contributed by atoms with Gasteiger partial charge in [0.1, 0.15) is 5.82 Å². The van der Waals surface area contributed by atoms with Crippen molar-refractivity contribution in [3.8, 4) is 6.01 Å². The fourth-order valence-corrected chi connectivity index (χ4v) is 2.58. The lowest BCUT2D eigenvalue weighted by molar-refractivity contribution is -0.133. The number of carbonyl (C=O) groups excluding carboxylic acids is 1.